The predicted molar refractivity (Wildman–Crippen MR) is 80.5 cm³/mol. The molecular formula is C17H26FNO. The largest absolute Gasteiger partial charge is 0.378 e. The molecule has 0 amide bonds. The van der Waals surface area contributed by atoms with Crippen LogP contribution >= 0.6 is 0 Å². The van der Waals surface area contributed by atoms with Gasteiger partial charge in [0.1, 0.15) is 5.82 Å². The molecule has 20 heavy (non-hydrogen) atoms. The van der Waals surface area contributed by atoms with Crippen molar-refractivity contribution in [3.8, 4) is 0 Å². The van der Waals surface area contributed by atoms with Crippen molar-refractivity contribution in [1.82, 2.24) is 5.32 Å². The van der Waals surface area contributed by atoms with Gasteiger partial charge in [0.05, 0.1) is 6.10 Å². The zero-order valence-electron chi connectivity index (χ0n) is 12.8. The van der Waals surface area contributed by atoms with Crippen molar-refractivity contribution in [2.75, 3.05) is 19.7 Å². The smallest absolute Gasteiger partial charge is 0.123 e. The molecule has 2 unspecified atom stereocenters. The van der Waals surface area contributed by atoms with Crippen molar-refractivity contribution in [1.29, 1.82) is 0 Å². The summed E-state index contributed by atoms with van der Waals surface area (Å²) in [5.74, 6) is -0.145. The third-order valence-corrected chi connectivity index (χ3v) is 4.59. The molecule has 1 aliphatic heterocycles. The molecule has 1 aromatic rings. The number of hydrogen-bond donors (Lipinski definition) is 1. The van der Waals surface area contributed by atoms with Gasteiger partial charge in [0.15, 0.2) is 0 Å². The maximum Gasteiger partial charge on any atom is 0.123 e. The Hall–Kier alpha value is -0.930. The van der Waals surface area contributed by atoms with Crippen LogP contribution in [0.25, 0.3) is 0 Å². The molecule has 0 saturated carbocycles. The Morgan fingerprint density at radius 3 is 2.90 bits per heavy atom. The second-order valence-corrected chi connectivity index (χ2v) is 6.05. The van der Waals surface area contributed by atoms with Gasteiger partial charge >= 0.3 is 0 Å². The SMILES string of the molecule is CCCNCC1(Cc2cc(F)ccc2C)CCOC1C. The van der Waals surface area contributed by atoms with E-state index in [-0.39, 0.29) is 17.3 Å². The van der Waals surface area contributed by atoms with Gasteiger partial charge < -0.3 is 10.1 Å². The number of halogens is 1. The fourth-order valence-electron chi connectivity index (χ4n) is 3.07. The maximum atomic E-state index is 13.5. The summed E-state index contributed by atoms with van der Waals surface area (Å²) in [6.07, 6.45) is 3.27. The van der Waals surface area contributed by atoms with E-state index in [0.29, 0.717) is 0 Å². The van der Waals surface area contributed by atoms with E-state index in [0.717, 1.165) is 44.5 Å². The third-order valence-electron chi connectivity index (χ3n) is 4.59. The Morgan fingerprint density at radius 1 is 1.45 bits per heavy atom. The molecular weight excluding hydrogens is 253 g/mol. The molecule has 2 atom stereocenters. The molecule has 3 heteroatoms. The Balaban J connectivity index is 2.17. The molecule has 0 aromatic heterocycles. The highest BCUT2D eigenvalue weighted by atomic mass is 19.1. The fraction of sp³-hybridized carbons (Fsp3) is 0.647. The van der Waals surface area contributed by atoms with Crippen LogP contribution in [0, 0.1) is 18.2 Å². The lowest BCUT2D eigenvalue weighted by atomic mass is 9.75. The number of hydrogen-bond acceptors (Lipinski definition) is 2. The van der Waals surface area contributed by atoms with Crippen LogP contribution in [0.5, 0.6) is 0 Å². The Kier molecular flexibility index (Phi) is 5.17. The molecule has 1 heterocycles. The summed E-state index contributed by atoms with van der Waals surface area (Å²) < 4.78 is 19.3. The van der Waals surface area contributed by atoms with Crippen LogP contribution < -0.4 is 5.32 Å². The molecule has 1 N–H and O–H groups in total. The van der Waals surface area contributed by atoms with E-state index in [1.54, 1.807) is 6.07 Å². The first-order valence-corrected chi connectivity index (χ1v) is 7.65. The number of aryl methyl sites for hydroxylation is 1. The second kappa shape index (κ2) is 6.68. The van der Waals surface area contributed by atoms with E-state index in [1.165, 1.54) is 11.6 Å². The van der Waals surface area contributed by atoms with Crippen molar-refractivity contribution >= 4 is 0 Å². The van der Waals surface area contributed by atoms with Crippen molar-refractivity contribution in [2.24, 2.45) is 5.41 Å². The summed E-state index contributed by atoms with van der Waals surface area (Å²) in [7, 11) is 0. The van der Waals surface area contributed by atoms with Gasteiger partial charge in [-0.1, -0.05) is 13.0 Å². The number of benzene rings is 1. The summed E-state index contributed by atoms with van der Waals surface area (Å²) in [6, 6.07) is 5.09. The molecule has 1 aliphatic rings. The van der Waals surface area contributed by atoms with Crippen molar-refractivity contribution < 1.29 is 9.13 Å². The summed E-state index contributed by atoms with van der Waals surface area (Å²) in [5.41, 5.74) is 2.37. The Labute approximate surface area is 121 Å². The van der Waals surface area contributed by atoms with E-state index >= 15 is 0 Å². The van der Waals surface area contributed by atoms with E-state index in [1.807, 2.05) is 6.07 Å². The normalized spacial score (nSPS) is 26.1. The first-order chi connectivity index (χ1) is 9.57. The predicted octanol–water partition coefficient (Wildman–Crippen LogP) is 3.47. The minimum atomic E-state index is -0.145. The average Bonchev–Trinajstić information content (AvgIpc) is 2.76. The molecule has 0 aliphatic carbocycles. The van der Waals surface area contributed by atoms with Crippen LogP contribution in [0.2, 0.25) is 0 Å². The monoisotopic (exact) mass is 279 g/mol. The van der Waals surface area contributed by atoms with E-state index < -0.39 is 0 Å². The molecule has 0 bridgehead atoms. The van der Waals surface area contributed by atoms with Crippen LogP contribution in [-0.2, 0) is 11.2 Å². The molecule has 2 rings (SSSR count). The van der Waals surface area contributed by atoms with Gasteiger partial charge in [0.25, 0.3) is 0 Å². The minimum absolute atomic E-state index is 0.0910. The zero-order chi connectivity index (χ0) is 14.6. The molecule has 1 saturated heterocycles. The summed E-state index contributed by atoms with van der Waals surface area (Å²) >= 11 is 0. The van der Waals surface area contributed by atoms with Crippen LogP contribution in [0.3, 0.4) is 0 Å². The average molecular weight is 279 g/mol. The number of nitrogens with one attached hydrogen (secondary N) is 1. The van der Waals surface area contributed by atoms with Gasteiger partial charge in [0, 0.05) is 18.6 Å². The highest BCUT2D eigenvalue weighted by Gasteiger charge is 2.41. The zero-order valence-corrected chi connectivity index (χ0v) is 12.8. The standard InChI is InChI=1S/C17H26FNO/c1-4-8-19-12-17(7-9-20-14(17)3)11-15-10-16(18)6-5-13(15)2/h5-6,10,14,19H,4,7-9,11-12H2,1-3H3. The van der Waals surface area contributed by atoms with Crippen molar-refractivity contribution in [3.05, 3.63) is 35.1 Å². The van der Waals surface area contributed by atoms with Gasteiger partial charge in [0.2, 0.25) is 0 Å². The highest BCUT2D eigenvalue weighted by molar-refractivity contribution is 5.28. The molecule has 112 valence electrons. The van der Waals surface area contributed by atoms with Gasteiger partial charge in [-0.3, -0.25) is 0 Å². The van der Waals surface area contributed by atoms with Gasteiger partial charge in [-0.15, -0.1) is 0 Å². The maximum absolute atomic E-state index is 13.5. The lowest BCUT2D eigenvalue weighted by Gasteiger charge is -2.33. The quantitative estimate of drug-likeness (QED) is 0.805. The first kappa shape index (κ1) is 15.5. The number of ether oxygens (including phenoxy) is 1. The van der Waals surface area contributed by atoms with Gasteiger partial charge in [-0.05, 0) is 62.9 Å². The Bertz CT molecular complexity index is 449. The lowest BCUT2D eigenvalue weighted by Crippen LogP contribution is -2.41. The summed E-state index contributed by atoms with van der Waals surface area (Å²) in [5, 5.41) is 3.53. The second-order valence-electron chi connectivity index (χ2n) is 6.05. The fourth-order valence-corrected chi connectivity index (χ4v) is 3.07. The molecule has 0 spiro atoms. The lowest BCUT2D eigenvalue weighted by molar-refractivity contribution is 0.0630. The Morgan fingerprint density at radius 2 is 2.25 bits per heavy atom. The van der Waals surface area contributed by atoms with Gasteiger partial charge in [-0.2, -0.15) is 0 Å². The van der Waals surface area contributed by atoms with Crippen LogP contribution in [0.4, 0.5) is 4.39 Å². The third kappa shape index (κ3) is 3.39. The highest BCUT2D eigenvalue weighted by Crippen LogP contribution is 2.38. The van der Waals surface area contributed by atoms with Crippen molar-refractivity contribution in [2.45, 2.75) is 46.1 Å². The van der Waals surface area contributed by atoms with Crippen LogP contribution in [0.1, 0.15) is 37.8 Å². The summed E-state index contributed by atoms with van der Waals surface area (Å²) in [6.45, 7) is 9.15. The molecule has 0 radical (unpaired) electrons. The van der Waals surface area contributed by atoms with E-state index in [4.69, 9.17) is 4.74 Å². The minimum Gasteiger partial charge on any atom is -0.378 e. The molecule has 1 fully saturated rings. The van der Waals surface area contributed by atoms with E-state index in [9.17, 15) is 4.39 Å². The number of rotatable bonds is 6. The van der Waals surface area contributed by atoms with Gasteiger partial charge in [-0.25, -0.2) is 4.39 Å². The summed E-state index contributed by atoms with van der Waals surface area (Å²) in [4.78, 5) is 0. The molecule has 1 aromatic carbocycles. The van der Waals surface area contributed by atoms with Crippen LogP contribution in [0.15, 0.2) is 18.2 Å². The van der Waals surface area contributed by atoms with Crippen molar-refractivity contribution in [3.63, 3.8) is 0 Å². The topological polar surface area (TPSA) is 21.3 Å². The van der Waals surface area contributed by atoms with E-state index in [2.05, 4.69) is 26.1 Å². The molecule has 2 nitrogen and oxygen atoms in total. The first-order valence-electron chi connectivity index (χ1n) is 7.65. The van der Waals surface area contributed by atoms with Crippen LogP contribution in [-0.4, -0.2) is 25.8 Å².